The molecule has 0 unspecified atom stereocenters. The SMILES string of the molecule is CC(=O)N1CCN(c2nc(CN3CCOCC3)nc3sc4c(c23)CC[C@H](C)C4)CC1. The van der Waals surface area contributed by atoms with Crippen molar-refractivity contribution in [2.45, 2.75) is 39.7 Å². The van der Waals surface area contributed by atoms with Gasteiger partial charge in [-0.25, -0.2) is 9.97 Å². The normalized spacial score (nSPS) is 23.1. The van der Waals surface area contributed by atoms with Gasteiger partial charge in [-0.1, -0.05) is 6.92 Å². The zero-order valence-electron chi connectivity index (χ0n) is 18.0. The monoisotopic (exact) mass is 429 g/mol. The van der Waals surface area contributed by atoms with E-state index in [9.17, 15) is 4.79 Å². The van der Waals surface area contributed by atoms with Crippen LogP contribution in [-0.2, 0) is 28.9 Å². The third-order valence-electron chi connectivity index (χ3n) is 6.68. The number of hydrogen-bond acceptors (Lipinski definition) is 7. The van der Waals surface area contributed by atoms with Gasteiger partial charge in [-0.3, -0.25) is 9.69 Å². The van der Waals surface area contributed by atoms with Gasteiger partial charge in [0.05, 0.1) is 25.1 Å². The summed E-state index contributed by atoms with van der Waals surface area (Å²) in [5.41, 5.74) is 1.48. The van der Waals surface area contributed by atoms with E-state index in [-0.39, 0.29) is 5.91 Å². The molecule has 30 heavy (non-hydrogen) atoms. The van der Waals surface area contributed by atoms with Gasteiger partial charge in [0.25, 0.3) is 0 Å². The Balaban J connectivity index is 1.51. The van der Waals surface area contributed by atoms with E-state index in [1.54, 1.807) is 6.92 Å². The van der Waals surface area contributed by atoms with E-state index in [1.807, 2.05) is 16.2 Å². The average Bonchev–Trinajstić information content (AvgIpc) is 3.11. The van der Waals surface area contributed by atoms with Crippen LogP contribution in [0.3, 0.4) is 0 Å². The Morgan fingerprint density at radius 3 is 2.63 bits per heavy atom. The van der Waals surface area contributed by atoms with Crippen molar-refractivity contribution < 1.29 is 9.53 Å². The van der Waals surface area contributed by atoms with Crippen LogP contribution in [-0.4, -0.2) is 78.2 Å². The largest absolute Gasteiger partial charge is 0.379 e. The van der Waals surface area contributed by atoms with E-state index in [4.69, 9.17) is 14.7 Å². The molecule has 0 bridgehead atoms. The van der Waals surface area contributed by atoms with Crippen LogP contribution in [0.2, 0.25) is 0 Å². The number of amides is 1. The van der Waals surface area contributed by atoms with E-state index >= 15 is 0 Å². The number of fused-ring (bicyclic) bond motifs is 3. The first-order chi connectivity index (χ1) is 14.6. The summed E-state index contributed by atoms with van der Waals surface area (Å²) in [6.45, 7) is 11.4. The van der Waals surface area contributed by atoms with Crippen molar-refractivity contribution in [1.29, 1.82) is 0 Å². The number of thiophene rings is 1. The molecule has 0 saturated carbocycles. The first-order valence-electron chi connectivity index (χ1n) is 11.2. The highest BCUT2D eigenvalue weighted by Gasteiger charge is 2.28. The van der Waals surface area contributed by atoms with E-state index in [1.165, 1.54) is 22.2 Å². The predicted octanol–water partition coefficient (Wildman–Crippen LogP) is 2.32. The van der Waals surface area contributed by atoms with E-state index in [0.29, 0.717) is 0 Å². The number of piperazine rings is 1. The highest BCUT2D eigenvalue weighted by molar-refractivity contribution is 7.19. The highest BCUT2D eigenvalue weighted by atomic mass is 32.1. The van der Waals surface area contributed by atoms with Crippen LogP contribution in [0.1, 0.15) is 36.5 Å². The summed E-state index contributed by atoms with van der Waals surface area (Å²) in [6.07, 6.45) is 3.53. The summed E-state index contributed by atoms with van der Waals surface area (Å²) in [6, 6.07) is 0. The fourth-order valence-corrected chi connectivity index (χ4v) is 6.25. The Morgan fingerprint density at radius 1 is 1.13 bits per heavy atom. The maximum absolute atomic E-state index is 11.8. The molecular formula is C22H31N5O2S. The van der Waals surface area contributed by atoms with Crippen LogP contribution < -0.4 is 4.90 Å². The number of carbonyl (C=O) groups is 1. The first kappa shape index (κ1) is 20.2. The maximum atomic E-state index is 11.8. The zero-order valence-corrected chi connectivity index (χ0v) is 18.8. The predicted molar refractivity (Wildman–Crippen MR) is 119 cm³/mol. The average molecular weight is 430 g/mol. The molecule has 1 aliphatic carbocycles. The van der Waals surface area contributed by atoms with Crippen molar-refractivity contribution in [1.82, 2.24) is 19.8 Å². The van der Waals surface area contributed by atoms with Gasteiger partial charge in [-0.05, 0) is 30.7 Å². The summed E-state index contributed by atoms with van der Waals surface area (Å²) in [4.78, 5) is 31.3. The number of morpholine rings is 1. The minimum absolute atomic E-state index is 0.164. The molecule has 0 aromatic carbocycles. The van der Waals surface area contributed by atoms with Gasteiger partial charge in [-0.15, -0.1) is 11.3 Å². The lowest BCUT2D eigenvalue weighted by atomic mass is 9.89. The lowest BCUT2D eigenvalue weighted by molar-refractivity contribution is -0.129. The number of rotatable bonds is 3. The third-order valence-corrected chi connectivity index (χ3v) is 7.82. The smallest absolute Gasteiger partial charge is 0.219 e. The van der Waals surface area contributed by atoms with E-state index < -0.39 is 0 Å². The van der Waals surface area contributed by atoms with E-state index in [2.05, 4.69) is 16.7 Å². The second kappa shape index (κ2) is 8.40. The second-order valence-corrected chi connectivity index (χ2v) is 9.96. The number of carbonyl (C=O) groups excluding carboxylic acids is 1. The van der Waals surface area contributed by atoms with Crippen molar-refractivity contribution in [2.24, 2.45) is 5.92 Å². The fourth-order valence-electron chi connectivity index (χ4n) is 4.86. The van der Waals surface area contributed by atoms with Crippen LogP contribution in [0.25, 0.3) is 10.2 Å². The number of anilines is 1. The van der Waals surface area contributed by atoms with Gasteiger partial charge < -0.3 is 14.5 Å². The molecule has 1 amide bonds. The standard InChI is InChI=1S/C22H31N5O2S/c1-15-3-4-17-18(13-15)30-22-20(17)21(27-7-5-26(6-8-27)16(2)28)23-19(24-22)14-25-9-11-29-12-10-25/h15H,3-14H2,1-2H3/t15-/m0/s1. The maximum Gasteiger partial charge on any atom is 0.219 e. The number of hydrogen-bond donors (Lipinski definition) is 0. The van der Waals surface area contributed by atoms with Gasteiger partial charge in [0.2, 0.25) is 5.91 Å². The molecule has 1 atom stereocenters. The summed E-state index contributed by atoms with van der Waals surface area (Å²) in [7, 11) is 0. The van der Waals surface area contributed by atoms with Gasteiger partial charge in [0.15, 0.2) is 0 Å². The molecule has 8 heteroatoms. The summed E-state index contributed by atoms with van der Waals surface area (Å²) < 4.78 is 5.50. The third kappa shape index (κ3) is 3.92. The Hall–Kier alpha value is -1.77. The molecule has 2 fully saturated rings. The summed E-state index contributed by atoms with van der Waals surface area (Å²) >= 11 is 1.88. The Morgan fingerprint density at radius 2 is 1.90 bits per heavy atom. The Bertz CT molecular complexity index is 931. The highest BCUT2D eigenvalue weighted by Crippen LogP contribution is 2.41. The molecular weight excluding hydrogens is 398 g/mol. The number of ether oxygens (including phenoxy) is 1. The molecule has 0 radical (unpaired) electrons. The van der Waals surface area contributed by atoms with Crippen LogP contribution >= 0.6 is 11.3 Å². The van der Waals surface area contributed by atoms with Gasteiger partial charge in [-0.2, -0.15) is 0 Å². The molecule has 2 aliphatic heterocycles. The number of aromatic nitrogens is 2. The van der Waals surface area contributed by atoms with Crippen molar-refractivity contribution in [3.8, 4) is 0 Å². The molecule has 7 nitrogen and oxygen atoms in total. The lowest BCUT2D eigenvalue weighted by Crippen LogP contribution is -2.48. The molecule has 3 aliphatic rings. The van der Waals surface area contributed by atoms with Crippen molar-refractivity contribution in [3.05, 3.63) is 16.3 Å². The minimum atomic E-state index is 0.164. The van der Waals surface area contributed by atoms with Crippen molar-refractivity contribution in [3.63, 3.8) is 0 Å². The summed E-state index contributed by atoms with van der Waals surface area (Å²) in [5.74, 6) is 2.92. The Labute approximate surface area is 182 Å². The zero-order chi connectivity index (χ0) is 20.7. The van der Waals surface area contributed by atoms with Crippen LogP contribution in [0.4, 0.5) is 5.82 Å². The van der Waals surface area contributed by atoms with Gasteiger partial charge in [0.1, 0.15) is 16.5 Å². The minimum Gasteiger partial charge on any atom is -0.379 e. The molecule has 5 rings (SSSR count). The van der Waals surface area contributed by atoms with Crippen molar-refractivity contribution >= 4 is 33.3 Å². The Kier molecular flexibility index (Phi) is 5.64. The van der Waals surface area contributed by atoms with Gasteiger partial charge in [0, 0.05) is 51.1 Å². The van der Waals surface area contributed by atoms with Crippen molar-refractivity contribution in [2.75, 3.05) is 57.4 Å². The van der Waals surface area contributed by atoms with Crippen LogP contribution in [0, 0.1) is 5.92 Å². The topological polar surface area (TPSA) is 61.8 Å². The number of aryl methyl sites for hydroxylation is 1. The molecule has 2 saturated heterocycles. The quantitative estimate of drug-likeness (QED) is 0.746. The molecule has 0 N–H and O–H groups in total. The van der Waals surface area contributed by atoms with Crippen LogP contribution in [0.5, 0.6) is 0 Å². The molecule has 162 valence electrons. The van der Waals surface area contributed by atoms with Crippen LogP contribution in [0.15, 0.2) is 0 Å². The first-order valence-corrected chi connectivity index (χ1v) is 12.0. The number of nitrogens with zero attached hydrogens (tertiary/aromatic N) is 5. The van der Waals surface area contributed by atoms with E-state index in [0.717, 1.165) is 94.3 Å². The molecule has 2 aromatic rings. The second-order valence-electron chi connectivity index (χ2n) is 8.88. The van der Waals surface area contributed by atoms with Gasteiger partial charge >= 0.3 is 0 Å². The molecule has 4 heterocycles. The molecule has 2 aromatic heterocycles. The summed E-state index contributed by atoms with van der Waals surface area (Å²) in [5, 5.41) is 1.28. The lowest BCUT2D eigenvalue weighted by Gasteiger charge is -2.35. The molecule has 0 spiro atoms. The fraction of sp³-hybridized carbons (Fsp3) is 0.682.